The van der Waals surface area contributed by atoms with E-state index in [1.54, 1.807) is 10.9 Å². The van der Waals surface area contributed by atoms with E-state index in [-0.39, 0.29) is 5.56 Å². The first-order chi connectivity index (χ1) is 19.0. The van der Waals surface area contributed by atoms with Crippen LogP contribution in [0.25, 0.3) is 10.9 Å². The number of benzene rings is 2. The van der Waals surface area contributed by atoms with E-state index in [1.807, 2.05) is 24.3 Å². The molecule has 9 nitrogen and oxygen atoms in total. The number of aryl methyl sites for hydroxylation is 3. The first-order valence-corrected chi connectivity index (χ1v) is 13.5. The fraction of sp³-hybridized carbons (Fsp3) is 0.333. The zero-order valence-electron chi connectivity index (χ0n) is 22.6. The van der Waals surface area contributed by atoms with E-state index >= 15 is 0 Å². The number of rotatable bonds is 7. The molecule has 0 amide bonds. The van der Waals surface area contributed by atoms with E-state index in [1.165, 1.54) is 22.4 Å². The third-order valence-corrected chi connectivity index (χ3v) is 7.71. The summed E-state index contributed by atoms with van der Waals surface area (Å²) < 4.78 is 7.32. The number of hydrogen-bond donors (Lipinski definition) is 1. The van der Waals surface area contributed by atoms with Gasteiger partial charge in [0.05, 0.1) is 6.26 Å². The number of aromatic amines is 1. The summed E-state index contributed by atoms with van der Waals surface area (Å²) in [5.74, 6) is 1.38. The Balaban J connectivity index is 1.39. The van der Waals surface area contributed by atoms with E-state index in [0.29, 0.717) is 17.9 Å². The molecule has 1 aliphatic rings. The van der Waals surface area contributed by atoms with Gasteiger partial charge in [-0.2, -0.15) is 0 Å². The van der Waals surface area contributed by atoms with E-state index < -0.39 is 6.04 Å². The Bertz CT molecular complexity index is 1650. The molecule has 1 atom stereocenters. The van der Waals surface area contributed by atoms with Gasteiger partial charge >= 0.3 is 0 Å². The molecule has 4 heterocycles. The lowest BCUT2D eigenvalue weighted by Gasteiger charge is -2.40. The molecule has 1 N–H and O–H groups in total. The van der Waals surface area contributed by atoms with E-state index in [2.05, 4.69) is 81.4 Å². The van der Waals surface area contributed by atoms with Crippen molar-refractivity contribution < 1.29 is 4.42 Å². The second kappa shape index (κ2) is 10.5. The first-order valence-electron chi connectivity index (χ1n) is 13.5. The monoisotopic (exact) mass is 523 g/mol. The SMILES string of the molecule is CCc1ccc2[nH]c(=O)c([C@H](c3nnnn3Cc3ccco3)N3CCN(c4cc(C)ccc4C)CC3)cc2c1. The topological polar surface area (TPSA) is 96.1 Å². The van der Waals surface area contributed by atoms with Crippen molar-refractivity contribution in [1.29, 1.82) is 0 Å². The molecule has 39 heavy (non-hydrogen) atoms. The van der Waals surface area contributed by atoms with Crippen LogP contribution in [-0.2, 0) is 13.0 Å². The lowest BCUT2D eigenvalue weighted by atomic mass is 10.0. The van der Waals surface area contributed by atoms with E-state index in [4.69, 9.17) is 4.42 Å². The summed E-state index contributed by atoms with van der Waals surface area (Å²) in [6.45, 7) is 10.0. The molecule has 0 spiro atoms. The van der Waals surface area contributed by atoms with Gasteiger partial charge in [0, 0.05) is 42.9 Å². The average molecular weight is 524 g/mol. The standard InChI is InChI=1S/C30H33N7O2/c1-4-22-9-10-26-23(17-22)18-25(30(38)31-26)28(29-32-33-34-37(29)19-24-6-5-15-39-24)36-13-11-35(12-14-36)27-16-20(2)7-8-21(27)3/h5-10,15-18,28H,4,11-14,19H2,1-3H3,(H,31,38)/t28-/m1/s1. The van der Waals surface area contributed by atoms with Crippen LogP contribution in [0.5, 0.6) is 0 Å². The number of nitrogens with one attached hydrogen (secondary N) is 1. The summed E-state index contributed by atoms with van der Waals surface area (Å²) in [7, 11) is 0. The van der Waals surface area contributed by atoms with Crippen molar-refractivity contribution in [3.05, 3.63) is 105 Å². The highest BCUT2D eigenvalue weighted by molar-refractivity contribution is 5.80. The fourth-order valence-corrected chi connectivity index (χ4v) is 5.55. The first kappa shape index (κ1) is 25.1. The minimum absolute atomic E-state index is 0.124. The van der Waals surface area contributed by atoms with Crippen molar-refractivity contribution in [2.24, 2.45) is 0 Å². The van der Waals surface area contributed by atoms with Crippen molar-refractivity contribution in [3.63, 3.8) is 0 Å². The molecular weight excluding hydrogens is 490 g/mol. The van der Waals surface area contributed by atoms with Crippen LogP contribution in [0.1, 0.15) is 46.8 Å². The number of anilines is 1. The van der Waals surface area contributed by atoms with Crippen LogP contribution in [-0.4, -0.2) is 56.3 Å². The summed E-state index contributed by atoms with van der Waals surface area (Å²) in [5.41, 5.74) is 6.36. The van der Waals surface area contributed by atoms with Crippen molar-refractivity contribution >= 4 is 16.6 Å². The maximum absolute atomic E-state index is 13.6. The zero-order chi connectivity index (χ0) is 26.9. The predicted molar refractivity (Wildman–Crippen MR) is 151 cm³/mol. The number of hydrogen-bond acceptors (Lipinski definition) is 7. The van der Waals surface area contributed by atoms with Gasteiger partial charge in [0.2, 0.25) is 0 Å². The highest BCUT2D eigenvalue weighted by atomic mass is 16.3. The molecule has 0 unspecified atom stereocenters. The zero-order valence-corrected chi connectivity index (χ0v) is 22.6. The number of aromatic nitrogens is 5. The molecule has 5 aromatic rings. The number of tetrazole rings is 1. The van der Waals surface area contributed by atoms with Gasteiger partial charge in [0.15, 0.2) is 5.82 Å². The molecule has 2 aromatic carbocycles. The normalized spacial score (nSPS) is 15.2. The van der Waals surface area contributed by atoms with Gasteiger partial charge < -0.3 is 14.3 Å². The van der Waals surface area contributed by atoms with Gasteiger partial charge in [-0.3, -0.25) is 9.69 Å². The molecule has 0 bridgehead atoms. The molecule has 0 radical (unpaired) electrons. The van der Waals surface area contributed by atoms with Crippen LogP contribution >= 0.6 is 0 Å². The number of furan rings is 1. The third kappa shape index (κ3) is 4.97. The van der Waals surface area contributed by atoms with E-state index in [9.17, 15) is 4.79 Å². The maximum atomic E-state index is 13.6. The Labute approximate surface area is 227 Å². The predicted octanol–water partition coefficient (Wildman–Crippen LogP) is 4.25. The van der Waals surface area contributed by atoms with Gasteiger partial charge in [-0.25, -0.2) is 4.68 Å². The smallest absolute Gasteiger partial charge is 0.253 e. The number of fused-ring (bicyclic) bond motifs is 1. The molecule has 6 rings (SSSR count). The summed E-state index contributed by atoms with van der Waals surface area (Å²) in [5, 5.41) is 13.8. The van der Waals surface area contributed by atoms with Crippen molar-refractivity contribution in [2.45, 2.75) is 39.8 Å². The molecule has 3 aromatic heterocycles. The second-order valence-corrected chi connectivity index (χ2v) is 10.3. The highest BCUT2D eigenvalue weighted by Gasteiger charge is 2.33. The molecule has 200 valence electrons. The van der Waals surface area contributed by atoms with Crippen LogP contribution in [0.2, 0.25) is 0 Å². The van der Waals surface area contributed by atoms with Crippen LogP contribution in [0.3, 0.4) is 0 Å². The molecule has 1 fully saturated rings. The Morgan fingerprint density at radius 2 is 1.87 bits per heavy atom. The van der Waals surface area contributed by atoms with Gasteiger partial charge in [-0.15, -0.1) is 5.10 Å². The Kier molecular flexibility index (Phi) is 6.74. The molecule has 9 heteroatoms. The van der Waals surface area contributed by atoms with Gasteiger partial charge in [0.1, 0.15) is 18.3 Å². The molecule has 0 saturated carbocycles. The molecular formula is C30H33N7O2. The maximum Gasteiger partial charge on any atom is 0.253 e. The molecule has 1 saturated heterocycles. The van der Waals surface area contributed by atoms with Gasteiger partial charge in [0.25, 0.3) is 5.56 Å². The van der Waals surface area contributed by atoms with Crippen LogP contribution < -0.4 is 10.5 Å². The minimum Gasteiger partial charge on any atom is -0.467 e. The Morgan fingerprint density at radius 1 is 1.03 bits per heavy atom. The Hall–Kier alpha value is -4.24. The third-order valence-electron chi connectivity index (χ3n) is 7.71. The van der Waals surface area contributed by atoms with Gasteiger partial charge in [-0.1, -0.05) is 25.1 Å². The molecule has 0 aliphatic carbocycles. The summed E-state index contributed by atoms with van der Waals surface area (Å²) in [6, 6.07) is 18.1. The van der Waals surface area contributed by atoms with Gasteiger partial charge in [-0.05, 0) is 89.2 Å². The van der Waals surface area contributed by atoms with Crippen molar-refractivity contribution in [3.8, 4) is 0 Å². The highest BCUT2D eigenvalue weighted by Crippen LogP contribution is 2.30. The number of nitrogens with zero attached hydrogens (tertiary/aromatic N) is 6. The lowest BCUT2D eigenvalue weighted by molar-refractivity contribution is 0.200. The summed E-state index contributed by atoms with van der Waals surface area (Å²) in [4.78, 5) is 21.4. The van der Waals surface area contributed by atoms with Crippen LogP contribution in [0.4, 0.5) is 5.69 Å². The average Bonchev–Trinajstić information content (AvgIpc) is 3.63. The summed E-state index contributed by atoms with van der Waals surface area (Å²) >= 11 is 0. The second-order valence-electron chi connectivity index (χ2n) is 10.3. The number of H-pyrrole nitrogens is 1. The Morgan fingerprint density at radius 3 is 2.64 bits per heavy atom. The number of piperazine rings is 1. The van der Waals surface area contributed by atoms with E-state index in [0.717, 1.165) is 49.3 Å². The minimum atomic E-state index is -0.408. The van der Waals surface area contributed by atoms with Crippen LogP contribution in [0, 0.1) is 13.8 Å². The van der Waals surface area contributed by atoms with Crippen LogP contribution in [0.15, 0.2) is 70.1 Å². The lowest BCUT2D eigenvalue weighted by Crippen LogP contribution is -2.49. The molecule has 1 aliphatic heterocycles. The summed E-state index contributed by atoms with van der Waals surface area (Å²) in [6.07, 6.45) is 2.57. The quantitative estimate of drug-likeness (QED) is 0.341. The van der Waals surface area contributed by atoms with Crippen molar-refractivity contribution in [2.75, 3.05) is 31.1 Å². The van der Waals surface area contributed by atoms with Crippen molar-refractivity contribution in [1.82, 2.24) is 30.1 Å². The largest absolute Gasteiger partial charge is 0.467 e. The fourth-order valence-electron chi connectivity index (χ4n) is 5.55. The number of pyridine rings is 1.